The van der Waals surface area contributed by atoms with Crippen LogP contribution < -0.4 is 11.1 Å². The highest BCUT2D eigenvalue weighted by atomic mass is 15.4. The first kappa shape index (κ1) is 11.2. The first-order valence-corrected chi connectivity index (χ1v) is 6.62. The van der Waals surface area contributed by atoms with Crippen LogP contribution in [-0.4, -0.2) is 28.1 Å². The molecule has 17 heavy (non-hydrogen) atoms. The molecule has 0 aromatic carbocycles. The molecule has 5 heteroatoms. The van der Waals surface area contributed by atoms with E-state index >= 15 is 0 Å². The third-order valence-electron chi connectivity index (χ3n) is 4.06. The van der Waals surface area contributed by atoms with E-state index in [1.54, 1.807) is 0 Å². The Labute approximate surface area is 102 Å². The predicted octanol–water partition coefficient (Wildman–Crippen LogP) is 0.517. The summed E-state index contributed by atoms with van der Waals surface area (Å²) in [7, 11) is 0. The first-order valence-electron chi connectivity index (χ1n) is 6.62. The summed E-state index contributed by atoms with van der Waals surface area (Å²) in [4.78, 5) is 0. The fourth-order valence-electron chi connectivity index (χ4n) is 2.69. The Hall–Kier alpha value is -0.940. The molecule has 0 aliphatic heterocycles. The van der Waals surface area contributed by atoms with E-state index in [1.807, 2.05) is 10.9 Å². The molecule has 1 aromatic rings. The van der Waals surface area contributed by atoms with Crippen molar-refractivity contribution in [2.45, 2.75) is 38.8 Å². The van der Waals surface area contributed by atoms with E-state index in [0.29, 0.717) is 12.0 Å². The lowest BCUT2D eigenvalue weighted by Crippen LogP contribution is -2.25. The van der Waals surface area contributed by atoms with Crippen molar-refractivity contribution in [3.05, 3.63) is 11.9 Å². The molecule has 0 saturated heterocycles. The van der Waals surface area contributed by atoms with Gasteiger partial charge in [-0.2, -0.15) is 0 Å². The average molecular weight is 235 g/mol. The monoisotopic (exact) mass is 235 g/mol. The van der Waals surface area contributed by atoms with Crippen LogP contribution in [0.1, 0.15) is 31.4 Å². The zero-order valence-electron chi connectivity index (χ0n) is 10.2. The van der Waals surface area contributed by atoms with E-state index < -0.39 is 0 Å². The van der Waals surface area contributed by atoms with Crippen molar-refractivity contribution in [2.75, 3.05) is 13.1 Å². The lowest BCUT2D eigenvalue weighted by molar-refractivity contribution is 0.402. The third-order valence-corrected chi connectivity index (χ3v) is 4.06. The molecule has 0 unspecified atom stereocenters. The molecule has 0 bridgehead atoms. The lowest BCUT2D eigenvalue weighted by atomic mass is 10.0. The van der Waals surface area contributed by atoms with Crippen molar-refractivity contribution < 1.29 is 0 Å². The molecule has 0 radical (unpaired) electrons. The Morgan fingerprint density at radius 1 is 1.47 bits per heavy atom. The molecule has 0 spiro atoms. The Morgan fingerprint density at radius 2 is 2.29 bits per heavy atom. The van der Waals surface area contributed by atoms with Crippen molar-refractivity contribution in [1.82, 2.24) is 20.3 Å². The second kappa shape index (κ2) is 4.38. The summed E-state index contributed by atoms with van der Waals surface area (Å²) < 4.78 is 1.81. The van der Waals surface area contributed by atoms with Crippen molar-refractivity contribution in [3.8, 4) is 0 Å². The summed E-state index contributed by atoms with van der Waals surface area (Å²) in [6.07, 6.45) is 7.73. The topological polar surface area (TPSA) is 68.8 Å². The lowest BCUT2D eigenvalue weighted by Gasteiger charge is -2.13. The van der Waals surface area contributed by atoms with Gasteiger partial charge in [0, 0.05) is 25.8 Å². The SMILES string of the molecule is NCCn1cc(CNCC2(C3CC3)CC2)nn1. The maximum absolute atomic E-state index is 5.47. The molecule has 2 saturated carbocycles. The Bertz CT molecular complexity index is 378. The van der Waals surface area contributed by atoms with Gasteiger partial charge in [-0.25, -0.2) is 0 Å². The summed E-state index contributed by atoms with van der Waals surface area (Å²) in [5.41, 5.74) is 7.15. The molecule has 2 aliphatic rings. The molecule has 5 nitrogen and oxygen atoms in total. The zero-order valence-corrected chi connectivity index (χ0v) is 10.2. The van der Waals surface area contributed by atoms with Gasteiger partial charge in [0.2, 0.25) is 0 Å². The van der Waals surface area contributed by atoms with Crippen LogP contribution in [0.5, 0.6) is 0 Å². The van der Waals surface area contributed by atoms with E-state index in [1.165, 1.54) is 25.7 Å². The van der Waals surface area contributed by atoms with Crippen LogP contribution in [-0.2, 0) is 13.1 Å². The van der Waals surface area contributed by atoms with E-state index in [4.69, 9.17) is 5.73 Å². The van der Waals surface area contributed by atoms with Crippen LogP contribution >= 0.6 is 0 Å². The second-order valence-corrected chi connectivity index (χ2v) is 5.50. The molecular formula is C12H21N5. The second-order valence-electron chi connectivity index (χ2n) is 5.50. The van der Waals surface area contributed by atoms with E-state index in [2.05, 4.69) is 15.6 Å². The Balaban J connectivity index is 1.44. The average Bonchev–Trinajstić information content (AvgIpc) is 3.20. The maximum Gasteiger partial charge on any atom is 0.0964 e. The van der Waals surface area contributed by atoms with Gasteiger partial charge in [-0.15, -0.1) is 5.10 Å². The van der Waals surface area contributed by atoms with Gasteiger partial charge in [0.25, 0.3) is 0 Å². The predicted molar refractivity (Wildman–Crippen MR) is 65.2 cm³/mol. The number of nitrogens with two attached hydrogens (primary N) is 1. The van der Waals surface area contributed by atoms with Gasteiger partial charge in [-0.05, 0) is 37.0 Å². The standard InChI is InChI=1S/C12H21N5/c13-5-6-17-8-11(15-16-17)7-14-9-12(3-4-12)10-1-2-10/h8,10,14H,1-7,9,13H2. The summed E-state index contributed by atoms with van der Waals surface area (Å²) in [6.45, 7) is 3.35. The first-order chi connectivity index (χ1) is 8.32. The molecule has 3 rings (SSSR count). The van der Waals surface area contributed by atoms with E-state index in [0.717, 1.165) is 31.2 Å². The Morgan fingerprint density at radius 3 is 2.94 bits per heavy atom. The number of hydrogen-bond acceptors (Lipinski definition) is 4. The molecule has 0 atom stereocenters. The van der Waals surface area contributed by atoms with Gasteiger partial charge < -0.3 is 11.1 Å². The van der Waals surface area contributed by atoms with Crippen LogP contribution in [0.15, 0.2) is 6.20 Å². The van der Waals surface area contributed by atoms with Crippen LogP contribution in [0.4, 0.5) is 0 Å². The van der Waals surface area contributed by atoms with Crippen molar-refractivity contribution in [3.63, 3.8) is 0 Å². The third kappa shape index (κ3) is 2.50. The number of hydrogen-bond donors (Lipinski definition) is 2. The molecule has 1 aromatic heterocycles. The summed E-state index contributed by atoms with van der Waals surface area (Å²) in [6, 6.07) is 0. The number of nitrogens with one attached hydrogen (secondary N) is 1. The molecule has 3 N–H and O–H groups in total. The molecule has 2 fully saturated rings. The largest absolute Gasteiger partial charge is 0.329 e. The van der Waals surface area contributed by atoms with Gasteiger partial charge in [0.05, 0.1) is 12.2 Å². The quantitative estimate of drug-likeness (QED) is 0.723. The highest BCUT2D eigenvalue weighted by Gasteiger charge is 2.53. The van der Waals surface area contributed by atoms with Crippen molar-refractivity contribution in [1.29, 1.82) is 0 Å². The van der Waals surface area contributed by atoms with Crippen LogP contribution in [0.3, 0.4) is 0 Å². The van der Waals surface area contributed by atoms with Crippen molar-refractivity contribution in [2.24, 2.45) is 17.1 Å². The zero-order chi connectivity index (χ0) is 11.7. The fraction of sp³-hybridized carbons (Fsp3) is 0.833. The minimum absolute atomic E-state index is 0.612. The van der Waals surface area contributed by atoms with Crippen LogP contribution in [0.2, 0.25) is 0 Å². The van der Waals surface area contributed by atoms with E-state index in [9.17, 15) is 0 Å². The number of aromatic nitrogens is 3. The van der Waals surface area contributed by atoms with Crippen LogP contribution in [0.25, 0.3) is 0 Å². The molecule has 2 aliphatic carbocycles. The fourth-order valence-corrected chi connectivity index (χ4v) is 2.69. The highest BCUT2D eigenvalue weighted by molar-refractivity contribution is 5.05. The molecular weight excluding hydrogens is 214 g/mol. The van der Waals surface area contributed by atoms with Crippen LogP contribution in [0, 0.1) is 11.3 Å². The minimum Gasteiger partial charge on any atom is -0.329 e. The number of rotatable bonds is 7. The van der Waals surface area contributed by atoms with Gasteiger partial charge in [-0.3, -0.25) is 4.68 Å². The molecule has 94 valence electrons. The van der Waals surface area contributed by atoms with Gasteiger partial charge in [-0.1, -0.05) is 5.21 Å². The normalized spacial score (nSPS) is 21.7. The summed E-state index contributed by atoms with van der Waals surface area (Å²) in [5.74, 6) is 1.02. The summed E-state index contributed by atoms with van der Waals surface area (Å²) in [5, 5.41) is 11.7. The summed E-state index contributed by atoms with van der Waals surface area (Å²) >= 11 is 0. The highest BCUT2D eigenvalue weighted by Crippen LogP contribution is 2.60. The van der Waals surface area contributed by atoms with Gasteiger partial charge >= 0.3 is 0 Å². The van der Waals surface area contributed by atoms with Crippen molar-refractivity contribution >= 4 is 0 Å². The number of nitrogens with zero attached hydrogens (tertiary/aromatic N) is 3. The Kier molecular flexibility index (Phi) is 2.88. The molecule has 1 heterocycles. The van der Waals surface area contributed by atoms with Gasteiger partial charge in [0.1, 0.15) is 0 Å². The maximum atomic E-state index is 5.47. The van der Waals surface area contributed by atoms with Gasteiger partial charge in [0.15, 0.2) is 0 Å². The van der Waals surface area contributed by atoms with E-state index in [-0.39, 0.29) is 0 Å². The smallest absolute Gasteiger partial charge is 0.0964 e. The minimum atomic E-state index is 0.612. The molecule has 0 amide bonds.